The first-order valence-electron chi connectivity index (χ1n) is 12.5. The fraction of sp³-hybridized carbons (Fsp3) is 0.194. The third-order valence-electron chi connectivity index (χ3n) is 7.04. The summed E-state index contributed by atoms with van der Waals surface area (Å²) in [7, 11) is 0. The highest BCUT2D eigenvalue weighted by Crippen LogP contribution is 2.34. The van der Waals surface area contributed by atoms with E-state index in [4.69, 9.17) is 21.6 Å². The van der Waals surface area contributed by atoms with Gasteiger partial charge in [-0.3, -0.25) is 4.79 Å². The Bertz CT molecular complexity index is 1500. The van der Waals surface area contributed by atoms with Crippen LogP contribution in [-0.4, -0.2) is 35.5 Å². The molecule has 0 spiro atoms. The van der Waals surface area contributed by atoms with Crippen molar-refractivity contribution in [2.75, 3.05) is 19.7 Å². The number of carbonyl (C=O) groups is 1. The van der Waals surface area contributed by atoms with Crippen LogP contribution in [0.15, 0.2) is 85.1 Å². The summed E-state index contributed by atoms with van der Waals surface area (Å²) in [5.74, 6) is -1.86. The molecule has 0 bridgehead atoms. The average Bonchev–Trinajstić information content (AvgIpc) is 2.98. The number of aromatic nitrogens is 1. The van der Waals surface area contributed by atoms with Crippen LogP contribution in [0.3, 0.4) is 0 Å². The first-order chi connectivity index (χ1) is 18.9. The topological polar surface area (TPSA) is 66.2 Å². The van der Waals surface area contributed by atoms with Crippen LogP contribution < -0.4 is 4.74 Å². The molecule has 5 rings (SSSR count). The number of nitriles is 1. The lowest BCUT2D eigenvalue weighted by molar-refractivity contribution is 0.0614. The lowest BCUT2D eigenvalue weighted by atomic mass is 9.81. The van der Waals surface area contributed by atoms with Gasteiger partial charge in [0.1, 0.15) is 0 Å². The number of piperidine rings is 1. The zero-order valence-electron chi connectivity index (χ0n) is 20.9. The zero-order valence-corrected chi connectivity index (χ0v) is 21.6. The second-order valence-electron chi connectivity index (χ2n) is 9.47. The number of pyridine rings is 1. The van der Waals surface area contributed by atoms with Crippen molar-refractivity contribution in [3.8, 4) is 23.1 Å². The maximum atomic E-state index is 14.2. The Morgan fingerprint density at radius 2 is 1.72 bits per heavy atom. The SMILES string of the molecule is N#Cc1ccc(-c2ccc(C(=O)N3CCC(COc4ccc(Cl)cn4)[C@@H](c4ccc(F)c(F)c4)C3)cc2)cc1. The van der Waals surface area contributed by atoms with E-state index in [1.165, 1.54) is 12.3 Å². The summed E-state index contributed by atoms with van der Waals surface area (Å²) in [6.07, 6.45) is 2.12. The van der Waals surface area contributed by atoms with Crippen molar-refractivity contribution >= 4 is 17.5 Å². The molecule has 1 aliphatic rings. The lowest BCUT2D eigenvalue weighted by Gasteiger charge is -2.39. The molecule has 1 aromatic heterocycles. The average molecular weight is 544 g/mol. The summed E-state index contributed by atoms with van der Waals surface area (Å²) in [6.45, 7) is 1.14. The molecular formula is C31H24ClF2N3O2. The standard InChI is InChI=1S/C31H24ClF2N3O2/c32-26-10-12-30(36-17-26)39-19-25-13-14-37(18-27(25)24-9-11-28(33)29(34)15-24)31(38)23-7-5-22(6-8-23)21-3-1-20(16-35)2-4-21/h1-12,15,17,25,27H,13-14,18-19H2/t25?,27-/m1/s1. The quantitative estimate of drug-likeness (QED) is 0.266. The Morgan fingerprint density at radius 3 is 2.36 bits per heavy atom. The van der Waals surface area contributed by atoms with Crippen molar-refractivity contribution < 1.29 is 18.3 Å². The van der Waals surface area contributed by atoms with Gasteiger partial charge in [-0.05, 0) is 65.6 Å². The van der Waals surface area contributed by atoms with E-state index in [1.807, 2.05) is 24.3 Å². The van der Waals surface area contributed by atoms with Gasteiger partial charge in [-0.2, -0.15) is 5.26 Å². The molecule has 3 aromatic carbocycles. The van der Waals surface area contributed by atoms with E-state index < -0.39 is 11.6 Å². The summed E-state index contributed by atoms with van der Waals surface area (Å²) in [6, 6.07) is 23.9. The minimum Gasteiger partial charge on any atom is -0.477 e. The third kappa shape index (κ3) is 6.08. The molecule has 1 aliphatic heterocycles. The van der Waals surface area contributed by atoms with Gasteiger partial charge in [0.2, 0.25) is 5.88 Å². The molecular weight excluding hydrogens is 520 g/mol. The molecule has 4 aromatic rings. The van der Waals surface area contributed by atoms with E-state index in [9.17, 15) is 13.6 Å². The number of likely N-dealkylation sites (tertiary alicyclic amines) is 1. The molecule has 1 saturated heterocycles. The highest BCUT2D eigenvalue weighted by molar-refractivity contribution is 6.30. The highest BCUT2D eigenvalue weighted by Gasteiger charge is 2.34. The molecule has 1 fully saturated rings. The van der Waals surface area contributed by atoms with Gasteiger partial charge >= 0.3 is 0 Å². The van der Waals surface area contributed by atoms with Crippen LogP contribution in [0.1, 0.15) is 33.8 Å². The van der Waals surface area contributed by atoms with Crippen molar-refractivity contribution in [1.29, 1.82) is 5.26 Å². The minimum atomic E-state index is -0.923. The van der Waals surface area contributed by atoms with E-state index in [2.05, 4.69) is 11.1 Å². The van der Waals surface area contributed by atoms with E-state index in [0.717, 1.165) is 17.2 Å². The van der Waals surface area contributed by atoms with E-state index >= 15 is 0 Å². The van der Waals surface area contributed by atoms with E-state index in [1.54, 1.807) is 47.4 Å². The molecule has 2 heterocycles. The maximum Gasteiger partial charge on any atom is 0.253 e. The Kier molecular flexibility index (Phi) is 7.85. The Balaban J connectivity index is 1.33. The third-order valence-corrected chi connectivity index (χ3v) is 7.26. The molecule has 196 valence electrons. The van der Waals surface area contributed by atoms with Crippen molar-refractivity contribution in [1.82, 2.24) is 9.88 Å². The van der Waals surface area contributed by atoms with E-state index in [-0.39, 0.29) is 17.7 Å². The normalized spacial score (nSPS) is 16.9. The predicted molar refractivity (Wildman–Crippen MR) is 144 cm³/mol. The Morgan fingerprint density at radius 1 is 1.00 bits per heavy atom. The molecule has 39 heavy (non-hydrogen) atoms. The van der Waals surface area contributed by atoms with Crippen molar-refractivity contribution in [2.24, 2.45) is 5.92 Å². The molecule has 8 heteroatoms. The van der Waals surface area contributed by atoms with E-state index in [0.29, 0.717) is 53.7 Å². The molecule has 1 amide bonds. The number of benzene rings is 3. The van der Waals surface area contributed by atoms with Crippen LogP contribution >= 0.6 is 11.6 Å². The fourth-order valence-corrected chi connectivity index (χ4v) is 4.98. The second-order valence-corrected chi connectivity index (χ2v) is 9.91. The molecule has 0 radical (unpaired) electrons. The number of nitrogens with zero attached hydrogens (tertiary/aromatic N) is 3. The number of halogens is 3. The largest absolute Gasteiger partial charge is 0.477 e. The first kappa shape index (κ1) is 26.3. The predicted octanol–water partition coefficient (Wildman–Crippen LogP) is 6.88. The summed E-state index contributed by atoms with van der Waals surface area (Å²) in [4.78, 5) is 19.4. The van der Waals surface area contributed by atoms with Crippen LogP contribution in [0.5, 0.6) is 5.88 Å². The Hall–Kier alpha value is -4.28. The number of rotatable bonds is 6. The fourth-order valence-electron chi connectivity index (χ4n) is 4.87. The number of hydrogen-bond acceptors (Lipinski definition) is 4. The molecule has 5 nitrogen and oxygen atoms in total. The van der Waals surface area contributed by atoms with Gasteiger partial charge in [-0.25, -0.2) is 13.8 Å². The van der Waals surface area contributed by atoms with Gasteiger partial charge in [0, 0.05) is 42.8 Å². The van der Waals surface area contributed by atoms with Crippen molar-refractivity contribution in [2.45, 2.75) is 12.3 Å². The number of amides is 1. The van der Waals surface area contributed by atoms with Gasteiger partial charge in [0.15, 0.2) is 11.6 Å². The molecule has 1 unspecified atom stereocenters. The number of hydrogen-bond donors (Lipinski definition) is 0. The zero-order chi connectivity index (χ0) is 27.4. The summed E-state index contributed by atoms with van der Waals surface area (Å²) in [5, 5.41) is 9.50. The number of ether oxygens (including phenoxy) is 1. The molecule has 0 aliphatic carbocycles. The van der Waals surface area contributed by atoms with Crippen LogP contribution in [0, 0.1) is 28.9 Å². The molecule has 0 N–H and O–H groups in total. The van der Waals surface area contributed by atoms with Gasteiger partial charge in [-0.15, -0.1) is 0 Å². The van der Waals surface area contributed by atoms with Crippen molar-refractivity contribution in [3.63, 3.8) is 0 Å². The lowest BCUT2D eigenvalue weighted by Crippen LogP contribution is -2.44. The molecule has 0 saturated carbocycles. The summed E-state index contributed by atoms with van der Waals surface area (Å²) < 4.78 is 33.7. The summed E-state index contributed by atoms with van der Waals surface area (Å²) in [5.41, 5.74) is 3.61. The molecule has 2 atom stereocenters. The van der Waals surface area contributed by atoms with Crippen molar-refractivity contribution in [3.05, 3.63) is 118 Å². The smallest absolute Gasteiger partial charge is 0.253 e. The van der Waals surface area contributed by atoms with Gasteiger partial charge in [0.25, 0.3) is 5.91 Å². The summed E-state index contributed by atoms with van der Waals surface area (Å²) >= 11 is 5.91. The monoisotopic (exact) mass is 543 g/mol. The van der Waals surface area contributed by atoms with Gasteiger partial charge in [0.05, 0.1) is 23.3 Å². The maximum absolute atomic E-state index is 14.2. The highest BCUT2D eigenvalue weighted by atomic mass is 35.5. The van der Waals surface area contributed by atoms with Gasteiger partial charge < -0.3 is 9.64 Å². The first-order valence-corrected chi connectivity index (χ1v) is 12.9. The minimum absolute atomic E-state index is 0.0462. The van der Waals surface area contributed by atoms with Crippen LogP contribution in [0.4, 0.5) is 8.78 Å². The second kappa shape index (κ2) is 11.6. The van der Waals surface area contributed by atoms with Gasteiger partial charge in [-0.1, -0.05) is 41.9 Å². The number of carbonyl (C=O) groups excluding carboxylic acids is 1. The van der Waals surface area contributed by atoms with Crippen LogP contribution in [0.25, 0.3) is 11.1 Å². The Labute approximate surface area is 230 Å². The van der Waals surface area contributed by atoms with Crippen LogP contribution in [0.2, 0.25) is 5.02 Å². The van der Waals surface area contributed by atoms with Crippen LogP contribution in [-0.2, 0) is 0 Å².